The predicted octanol–water partition coefficient (Wildman–Crippen LogP) is 2.79. The van der Waals surface area contributed by atoms with Crippen molar-refractivity contribution in [3.63, 3.8) is 0 Å². The van der Waals surface area contributed by atoms with Crippen LogP contribution in [0.3, 0.4) is 0 Å². The van der Waals surface area contributed by atoms with E-state index in [4.69, 9.17) is 0 Å². The van der Waals surface area contributed by atoms with Crippen LogP contribution in [0.4, 0.5) is 13.2 Å². The number of allylic oxidation sites excluding steroid dienone is 3. The fourth-order valence-corrected chi connectivity index (χ4v) is 3.41. The molecule has 1 aliphatic carbocycles. The van der Waals surface area contributed by atoms with Gasteiger partial charge in [-0.05, 0) is 51.4 Å². The zero-order valence-corrected chi connectivity index (χ0v) is 15.1. The van der Waals surface area contributed by atoms with Crippen molar-refractivity contribution in [2.45, 2.75) is 44.6 Å². The van der Waals surface area contributed by atoms with Crippen molar-refractivity contribution < 1.29 is 18.0 Å². The number of hydrogen-bond donors (Lipinski definition) is 1. The van der Waals surface area contributed by atoms with Gasteiger partial charge in [0.1, 0.15) is 6.17 Å². The van der Waals surface area contributed by atoms with Gasteiger partial charge in [0.05, 0.1) is 5.92 Å². The molecule has 7 heteroatoms. The number of alkyl halides is 3. The number of nitrogens with one attached hydrogen (secondary N) is 1. The van der Waals surface area contributed by atoms with Crippen LogP contribution >= 0.6 is 0 Å². The number of aldehydes is 1. The number of hydrogen-bond acceptors (Lipinski definition) is 4. The Morgan fingerprint density at radius 2 is 2.00 bits per heavy atom. The average molecular weight is 359 g/mol. The second-order valence-corrected chi connectivity index (χ2v) is 7.25. The zero-order valence-electron chi connectivity index (χ0n) is 15.1. The molecular formula is C18H28F3N3O. The van der Waals surface area contributed by atoms with Crippen LogP contribution in [0.5, 0.6) is 0 Å². The molecule has 2 rings (SSSR count). The monoisotopic (exact) mass is 359 g/mol. The van der Waals surface area contributed by atoms with Crippen LogP contribution in [0, 0.1) is 11.8 Å². The van der Waals surface area contributed by atoms with Crippen molar-refractivity contribution in [2.24, 2.45) is 11.8 Å². The second-order valence-electron chi connectivity index (χ2n) is 7.25. The molecule has 1 heterocycles. The molecule has 1 N–H and O–H groups in total. The Kier molecular flexibility index (Phi) is 6.68. The number of likely N-dealkylation sites (N-methyl/N-ethyl adjacent to an activating group) is 1. The lowest BCUT2D eigenvalue weighted by molar-refractivity contribution is -0.164. The van der Waals surface area contributed by atoms with Crippen LogP contribution in [0.1, 0.15) is 26.2 Å². The quantitative estimate of drug-likeness (QED) is 0.605. The van der Waals surface area contributed by atoms with Gasteiger partial charge in [0.15, 0.2) is 6.29 Å². The van der Waals surface area contributed by atoms with Gasteiger partial charge < -0.3 is 9.80 Å². The third kappa shape index (κ3) is 5.57. The molecule has 3 unspecified atom stereocenters. The third-order valence-corrected chi connectivity index (χ3v) is 5.08. The summed E-state index contributed by atoms with van der Waals surface area (Å²) in [5.41, 5.74) is 0.650. The lowest BCUT2D eigenvalue weighted by atomic mass is 9.96. The molecule has 1 saturated heterocycles. The molecule has 25 heavy (non-hydrogen) atoms. The molecule has 0 aromatic rings. The summed E-state index contributed by atoms with van der Waals surface area (Å²) in [6, 6.07) is 0.240. The number of rotatable bonds is 5. The van der Waals surface area contributed by atoms with Crippen molar-refractivity contribution in [3.05, 3.63) is 23.9 Å². The van der Waals surface area contributed by atoms with Gasteiger partial charge >= 0.3 is 6.18 Å². The van der Waals surface area contributed by atoms with Gasteiger partial charge in [0.2, 0.25) is 0 Å². The topological polar surface area (TPSA) is 35.6 Å². The number of halogens is 3. The van der Waals surface area contributed by atoms with Crippen LogP contribution in [0.2, 0.25) is 0 Å². The third-order valence-electron chi connectivity index (χ3n) is 5.08. The molecule has 0 aromatic carbocycles. The molecule has 1 fully saturated rings. The maximum atomic E-state index is 13.0. The zero-order chi connectivity index (χ0) is 18.6. The lowest BCUT2D eigenvalue weighted by Crippen LogP contribution is -2.51. The smallest absolute Gasteiger partial charge is 0.353 e. The Balaban J connectivity index is 2.05. The summed E-state index contributed by atoms with van der Waals surface area (Å²) in [6.07, 6.45) is 2.51. The first-order valence-electron chi connectivity index (χ1n) is 8.80. The summed E-state index contributed by atoms with van der Waals surface area (Å²) in [4.78, 5) is 15.5. The maximum absolute atomic E-state index is 13.0. The minimum atomic E-state index is -4.23. The SMILES string of the molecule is CC1C=C(N(C)C(C=O)NC2CCN(C)CC2)C=CC(C(F)(F)F)C1. The Morgan fingerprint density at radius 3 is 2.56 bits per heavy atom. The van der Waals surface area contributed by atoms with Crippen molar-refractivity contribution >= 4 is 6.29 Å². The normalized spacial score (nSPS) is 27.5. The number of carbonyl (C=O) groups excluding carboxylic acids is 1. The minimum Gasteiger partial charge on any atom is -0.353 e. The largest absolute Gasteiger partial charge is 0.395 e. The van der Waals surface area contributed by atoms with Crippen LogP contribution in [0.15, 0.2) is 23.9 Å². The molecule has 0 saturated carbocycles. The highest BCUT2D eigenvalue weighted by atomic mass is 19.4. The molecular weight excluding hydrogens is 331 g/mol. The summed E-state index contributed by atoms with van der Waals surface area (Å²) in [7, 11) is 3.82. The standard InChI is InChI=1S/C18H28F3N3O/c1-13-10-14(18(19,20)21)4-5-16(11-13)24(3)17(12-25)22-15-6-8-23(2)9-7-15/h4-5,11-15,17,22H,6-10H2,1-3H3. The molecule has 3 atom stereocenters. The molecule has 1 aliphatic heterocycles. The van der Waals surface area contributed by atoms with Crippen molar-refractivity contribution in [3.8, 4) is 0 Å². The van der Waals surface area contributed by atoms with Gasteiger partial charge in [-0.1, -0.05) is 19.1 Å². The minimum absolute atomic E-state index is 0.0332. The summed E-state index contributed by atoms with van der Waals surface area (Å²) in [5.74, 6) is -1.66. The Labute approximate surface area is 147 Å². The van der Waals surface area contributed by atoms with Gasteiger partial charge in [-0.25, -0.2) is 0 Å². The first kappa shape index (κ1) is 20.0. The predicted molar refractivity (Wildman–Crippen MR) is 91.8 cm³/mol. The van der Waals surface area contributed by atoms with E-state index < -0.39 is 18.3 Å². The van der Waals surface area contributed by atoms with E-state index in [2.05, 4.69) is 17.3 Å². The summed E-state index contributed by atoms with van der Waals surface area (Å²) < 4.78 is 39.1. The van der Waals surface area contributed by atoms with E-state index in [1.165, 1.54) is 12.2 Å². The highest BCUT2D eigenvalue weighted by Gasteiger charge is 2.39. The molecule has 0 bridgehead atoms. The van der Waals surface area contributed by atoms with Gasteiger partial charge in [-0.2, -0.15) is 13.2 Å². The fraction of sp³-hybridized carbons (Fsp3) is 0.722. The average Bonchev–Trinajstić information content (AvgIpc) is 2.75. The molecule has 0 amide bonds. The number of carbonyl (C=O) groups is 1. The van der Waals surface area contributed by atoms with Crippen LogP contribution in [-0.2, 0) is 4.79 Å². The van der Waals surface area contributed by atoms with Crippen LogP contribution in [0.25, 0.3) is 0 Å². The van der Waals surface area contributed by atoms with Gasteiger partial charge in [-0.3, -0.25) is 10.1 Å². The number of likely N-dealkylation sites (tertiary alicyclic amines) is 1. The molecule has 0 spiro atoms. The van der Waals surface area contributed by atoms with E-state index in [9.17, 15) is 18.0 Å². The number of piperidine rings is 1. The van der Waals surface area contributed by atoms with E-state index in [0.717, 1.165) is 32.2 Å². The van der Waals surface area contributed by atoms with Crippen molar-refractivity contribution in [1.29, 1.82) is 0 Å². The molecule has 2 aliphatic rings. The van der Waals surface area contributed by atoms with E-state index in [1.807, 2.05) is 6.08 Å². The van der Waals surface area contributed by atoms with Gasteiger partial charge in [0.25, 0.3) is 0 Å². The lowest BCUT2D eigenvalue weighted by Gasteiger charge is -2.35. The Morgan fingerprint density at radius 1 is 1.36 bits per heavy atom. The highest BCUT2D eigenvalue weighted by molar-refractivity contribution is 5.58. The molecule has 0 radical (unpaired) electrons. The van der Waals surface area contributed by atoms with E-state index >= 15 is 0 Å². The van der Waals surface area contributed by atoms with E-state index in [0.29, 0.717) is 5.70 Å². The van der Waals surface area contributed by atoms with Crippen molar-refractivity contribution in [1.82, 2.24) is 15.1 Å². The molecule has 0 aromatic heterocycles. The Hall–Kier alpha value is -1.34. The van der Waals surface area contributed by atoms with E-state index in [-0.39, 0.29) is 18.4 Å². The van der Waals surface area contributed by atoms with Gasteiger partial charge in [-0.15, -0.1) is 0 Å². The van der Waals surface area contributed by atoms with Crippen LogP contribution in [-0.4, -0.2) is 61.7 Å². The first-order chi connectivity index (χ1) is 11.7. The summed E-state index contributed by atoms with van der Waals surface area (Å²) in [5, 5.41) is 3.33. The highest BCUT2D eigenvalue weighted by Crippen LogP contribution is 2.35. The Bertz CT molecular complexity index is 510. The van der Waals surface area contributed by atoms with Crippen LogP contribution < -0.4 is 5.32 Å². The first-order valence-corrected chi connectivity index (χ1v) is 8.80. The molecule has 4 nitrogen and oxygen atoms in total. The van der Waals surface area contributed by atoms with Gasteiger partial charge in [0, 0.05) is 18.8 Å². The molecule has 142 valence electrons. The summed E-state index contributed by atoms with van der Waals surface area (Å²) >= 11 is 0. The number of nitrogens with zero attached hydrogens (tertiary/aromatic N) is 2. The van der Waals surface area contributed by atoms with Crippen molar-refractivity contribution in [2.75, 3.05) is 27.2 Å². The second kappa shape index (κ2) is 8.36. The fourth-order valence-electron chi connectivity index (χ4n) is 3.41. The summed E-state index contributed by atoms with van der Waals surface area (Å²) in [6.45, 7) is 3.72. The van der Waals surface area contributed by atoms with E-state index in [1.54, 1.807) is 18.9 Å². The maximum Gasteiger partial charge on any atom is 0.395 e.